The molecule has 0 saturated carbocycles. The van der Waals surface area contributed by atoms with Gasteiger partial charge in [0, 0.05) is 17.8 Å². The quantitative estimate of drug-likeness (QED) is 0.585. The molecule has 0 atom stereocenters. The molecular formula is C14H10N6O. The average Bonchev–Trinajstić information content (AvgIpc) is 3.12. The van der Waals surface area contributed by atoms with Crippen molar-refractivity contribution >= 4 is 28.1 Å². The Balaban J connectivity index is 1.72. The van der Waals surface area contributed by atoms with Crippen LogP contribution in [0.4, 0.5) is 5.82 Å². The molecule has 2 N–H and O–H groups in total. The Labute approximate surface area is 118 Å². The first-order chi connectivity index (χ1) is 10.3. The van der Waals surface area contributed by atoms with E-state index in [0.29, 0.717) is 16.9 Å². The highest BCUT2D eigenvalue weighted by molar-refractivity contribution is 6.11. The summed E-state index contributed by atoms with van der Waals surface area (Å²) in [5.41, 5.74) is 1.97. The number of nitrogens with zero attached hydrogens (tertiary/aromatic N) is 4. The summed E-state index contributed by atoms with van der Waals surface area (Å²) in [6.45, 7) is 0. The third kappa shape index (κ3) is 1.83. The van der Waals surface area contributed by atoms with Gasteiger partial charge in [0.2, 0.25) is 0 Å². The fraction of sp³-hybridized carbons (Fsp3) is 0. The van der Waals surface area contributed by atoms with Crippen LogP contribution in [0.1, 0.15) is 10.4 Å². The first-order valence-corrected chi connectivity index (χ1v) is 6.35. The molecule has 0 aliphatic heterocycles. The van der Waals surface area contributed by atoms with Crippen LogP contribution in [-0.4, -0.2) is 30.7 Å². The van der Waals surface area contributed by atoms with E-state index in [2.05, 4.69) is 25.6 Å². The van der Waals surface area contributed by atoms with Gasteiger partial charge in [-0.05, 0) is 12.1 Å². The number of aromatic nitrogens is 5. The zero-order valence-corrected chi connectivity index (χ0v) is 10.8. The van der Waals surface area contributed by atoms with E-state index in [4.69, 9.17) is 0 Å². The number of H-pyrrole nitrogens is 1. The van der Waals surface area contributed by atoms with Gasteiger partial charge >= 0.3 is 0 Å². The van der Waals surface area contributed by atoms with Crippen LogP contribution in [0.2, 0.25) is 0 Å². The number of nitrogens with one attached hydrogen (secondary N) is 2. The van der Waals surface area contributed by atoms with Gasteiger partial charge in [-0.1, -0.05) is 12.1 Å². The molecule has 0 saturated heterocycles. The molecule has 1 amide bonds. The van der Waals surface area contributed by atoms with Gasteiger partial charge in [0.05, 0.1) is 29.0 Å². The second-order valence-corrected chi connectivity index (χ2v) is 4.54. The molecule has 0 aliphatic carbocycles. The lowest BCUT2D eigenvalue weighted by molar-refractivity contribution is 0.102. The minimum Gasteiger partial charge on any atom is -0.304 e. The largest absolute Gasteiger partial charge is 0.304 e. The van der Waals surface area contributed by atoms with E-state index in [1.807, 2.05) is 24.3 Å². The Morgan fingerprint density at radius 2 is 2.14 bits per heavy atom. The monoisotopic (exact) mass is 278 g/mol. The fourth-order valence-electron chi connectivity index (χ4n) is 2.24. The van der Waals surface area contributed by atoms with Crippen molar-refractivity contribution in [3.8, 4) is 0 Å². The van der Waals surface area contributed by atoms with Gasteiger partial charge in [0.15, 0.2) is 5.82 Å². The maximum atomic E-state index is 12.4. The molecule has 0 bridgehead atoms. The minimum atomic E-state index is -0.268. The number of rotatable bonds is 2. The van der Waals surface area contributed by atoms with Crippen LogP contribution in [0.5, 0.6) is 0 Å². The Morgan fingerprint density at radius 3 is 3.10 bits per heavy atom. The average molecular weight is 278 g/mol. The number of carbonyl (C=O) groups is 1. The molecule has 0 radical (unpaired) electrons. The van der Waals surface area contributed by atoms with E-state index < -0.39 is 0 Å². The normalized spacial score (nSPS) is 11.0. The number of aromatic amines is 1. The van der Waals surface area contributed by atoms with Crippen molar-refractivity contribution in [1.29, 1.82) is 0 Å². The van der Waals surface area contributed by atoms with Gasteiger partial charge in [0.25, 0.3) is 5.91 Å². The second kappa shape index (κ2) is 4.41. The minimum absolute atomic E-state index is 0.268. The van der Waals surface area contributed by atoms with Gasteiger partial charge < -0.3 is 5.32 Å². The van der Waals surface area contributed by atoms with E-state index >= 15 is 0 Å². The van der Waals surface area contributed by atoms with Gasteiger partial charge in [0.1, 0.15) is 0 Å². The third-order valence-corrected chi connectivity index (χ3v) is 3.27. The predicted molar refractivity (Wildman–Crippen MR) is 77.0 cm³/mol. The second-order valence-electron chi connectivity index (χ2n) is 4.54. The van der Waals surface area contributed by atoms with Gasteiger partial charge in [-0.3, -0.25) is 14.9 Å². The summed E-state index contributed by atoms with van der Waals surface area (Å²) in [5.74, 6) is 0.231. The topological polar surface area (TPSA) is 88.0 Å². The highest BCUT2D eigenvalue weighted by Gasteiger charge is 2.15. The number of benzene rings is 1. The lowest BCUT2D eigenvalue weighted by atomic mass is 10.2. The molecule has 3 heterocycles. The number of hydrogen-bond acceptors (Lipinski definition) is 4. The van der Waals surface area contributed by atoms with Crippen molar-refractivity contribution in [2.45, 2.75) is 0 Å². The smallest absolute Gasteiger partial charge is 0.260 e. The van der Waals surface area contributed by atoms with Gasteiger partial charge in [-0.25, -0.2) is 4.52 Å². The summed E-state index contributed by atoms with van der Waals surface area (Å²) in [6, 6.07) is 7.60. The van der Waals surface area contributed by atoms with Gasteiger partial charge in [-0.15, -0.1) is 0 Å². The number of fused-ring (bicyclic) bond motifs is 2. The summed E-state index contributed by atoms with van der Waals surface area (Å²) in [5, 5.41) is 14.8. The van der Waals surface area contributed by atoms with Crippen LogP contribution in [0.3, 0.4) is 0 Å². The molecule has 7 heteroatoms. The molecule has 0 unspecified atom stereocenters. The number of hydrogen-bond donors (Lipinski definition) is 2. The van der Waals surface area contributed by atoms with E-state index in [9.17, 15) is 4.79 Å². The highest BCUT2D eigenvalue weighted by Crippen LogP contribution is 2.20. The summed E-state index contributed by atoms with van der Waals surface area (Å²) in [4.78, 5) is 16.4. The molecular weight excluding hydrogens is 268 g/mol. The zero-order chi connectivity index (χ0) is 14.2. The first kappa shape index (κ1) is 11.6. The SMILES string of the molecule is O=C(Nc1n[nH]c2ccccc12)c1cnn2ccncc12. The van der Waals surface area contributed by atoms with E-state index in [1.54, 1.807) is 23.1 Å². The number of anilines is 1. The summed E-state index contributed by atoms with van der Waals surface area (Å²) >= 11 is 0. The lowest BCUT2D eigenvalue weighted by Crippen LogP contribution is -2.12. The summed E-state index contributed by atoms with van der Waals surface area (Å²) in [7, 11) is 0. The molecule has 0 spiro atoms. The maximum absolute atomic E-state index is 12.4. The predicted octanol–water partition coefficient (Wildman–Crippen LogP) is 1.86. The van der Waals surface area contributed by atoms with Crippen molar-refractivity contribution in [1.82, 2.24) is 24.8 Å². The van der Waals surface area contributed by atoms with Crippen LogP contribution in [0, 0.1) is 0 Å². The highest BCUT2D eigenvalue weighted by atomic mass is 16.1. The van der Waals surface area contributed by atoms with E-state index in [-0.39, 0.29) is 5.91 Å². The maximum Gasteiger partial charge on any atom is 0.260 e. The van der Waals surface area contributed by atoms with E-state index in [0.717, 1.165) is 10.9 Å². The molecule has 0 aliphatic rings. The van der Waals surface area contributed by atoms with Crippen molar-refractivity contribution in [2.75, 3.05) is 5.32 Å². The molecule has 102 valence electrons. The number of para-hydroxylation sites is 1. The van der Waals surface area contributed by atoms with Crippen LogP contribution < -0.4 is 5.32 Å². The lowest BCUT2D eigenvalue weighted by Gasteiger charge is -2.00. The van der Waals surface area contributed by atoms with Crippen molar-refractivity contribution < 1.29 is 4.79 Å². The molecule has 0 fully saturated rings. The van der Waals surface area contributed by atoms with Crippen LogP contribution >= 0.6 is 0 Å². The third-order valence-electron chi connectivity index (χ3n) is 3.27. The molecule has 21 heavy (non-hydrogen) atoms. The van der Waals surface area contributed by atoms with Gasteiger partial charge in [-0.2, -0.15) is 10.2 Å². The summed E-state index contributed by atoms with van der Waals surface area (Å²) < 4.78 is 1.60. The Kier molecular flexibility index (Phi) is 2.43. The van der Waals surface area contributed by atoms with Crippen molar-refractivity contribution in [3.63, 3.8) is 0 Å². The van der Waals surface area contributed by atoms with E-state index in [1.165, 1.54) is 6.20 Å². The first-order valence-electron chi connectivity index (χ1n) is 6.35. The standard InChI is InChI=1S/C14H10N6O/c21-14(10-7-16-20-6-5-15-8-12(10)20)17-13-9-3-1-2-4-11(9)18-19-13/h1-8H,(H2,17,18,19,21). The van der Waals surface area contributed by atoms with Crippen LogP contribution in [0.25, 0.3) is 16.4 Å². The van der Waals surface area contributed by atoms with Crippen LogP contribution in [-0.2, 0) is 0 Å². The molecule has 3 aromatic heterocycles. The van der Waals surface area contributed by atoms with Crippen LogP contribution in [0.15, 0.2) is 49.1 Å². The number of carbonyl (C=O) groups excluding carboxylic acids is 1. The molecule has 4 rings (SSSR count). The number of amides is 1. The Morgan fingerprint density at radius 1 is 1.24 bits per heavy atom. The molecule has 1 aromatic carbocycles. The Hall–Kier alpha value is -3.22. The van der Waals surface area contributed by atoms with Crippen molar-refractivity contribution in [3.05, 3.63) is 54.6 Å². The molecule has 4 aromatic rings. The Bertz CT molecular complexity index is 954. The van der Waals surface area contributed by atoms with Crippen molar-refractivity contribution in [2.24, 2.45) is 0 Å². The molecule has 7 nitrogen and oxygen atoms in total. The summed E-state index contributed by atoms with van der Waals surface area (Å²) in [6.07, 6.45) is 6.42. The zero-order valence-electron chi connectivity index (χ0n) is 10.8. The fourth-order valence-corrected chi connectivity index (χ4v) is 2.24.